The van der Waals surface area contributed by atoms with Crippen LogP contribution in [0.25, 0.3) is 0 Å². The molecule has 0 fully saturated rings. The SMILES string of the molecule is CCNC(C)c1cc(Br)ccc1OCc1ccco1. The summed E-state index contributed by atoms with van der Waals surface area (Å²) in [7, 11) is 0. The van der Waals surface area contributed by atoms with Crippen LogP contribution in [0.4, 0.5) is 0 Å². The highest BCUT2D eigenvalue weighted by Crippen LogP contribution is 2.29. The van der Waals surface area contributed by atoms with Gasteiger partial charge < -0.3 is 14.5 Å². The molecule has 1 unspecified atom stereocenters. The molecule has 1 aromatic carbocycles. The number of ether oxygens (including phenoxy) is 1. The summed E-state index contributed by atoms with van der Waals surface area (Å²) in [6.45, 7) is 5.59. The van der Waals surface area contributed by atoms with E-state index in [2.05, 4.69) is 41.2 Å². The van der Waals surface area contributed by atoms with E-state index in [0.717, 1.165) is 28.1 Å². The van der Waals surface area contributed by atoms with Crippen molar-refractivity contribution in [2.75, 3.05) is 6.54 Å². The van der Waals surface area contributed by atoms with E-state index in [1.807, 2.05) is 24.3 Å². The van der Waals surface area contributed by atoms with E-state index in [0.29, 0.717) is 6.61 Å². The topological polar surface area (TPSA) is 34.4 Å². The fourth-order valence-electron chi connectivity index (χ4n) is 1.95. The Balaban J connectivity index is 2.14. The predicted molar refractivity (Wildman–Crippen MR) is 79.3 cm³/mol. The Hall–Kier alpha value is -1.26. The van der Waals surface area contributed by atoms with Gasteiger partial charge in [-0.25, -0.2) is 0 Å². The summed E-state index contributed by atoms with van der Waals surface area (Å²) in [4.78, 5) is 0. The minimum absolute atomic E-state index is 0.245. The second-order valence-electron chi connectivity index (χ2n) is 4.33. The molecule has 1 aromatic heterocycles. The normalized spacial score (nSPS) is 12.4. The number of furan rings is 1. The lowest BCUT2D eigenvalue weighted by Crippen LogP contribution is -2.18. The van der Waals surface area contributed by atoms with Gasteiger partial charge in [0.05, 0.1) is 6.26 Å². The first kappa shape index (κ1) is 14.2. The van der Waals surface area contributed by atoms with Crippen LogP contribution in [-0.4, -0.2) is 6.54 Å². The Morgan fingerprint density at radius 2 is 2.21 bits per heavy atom. The Kier molecular flexibility index (Phi) is 5.05. The van der Waals surface area contributed by atoms with Crippen LogP contribution in [-0.2, 0) is 6.61 Å². The molecule has 102 valence electrons. The Morgan fingerprint density at radius 1 is 1.37 bits per heavy atom. The molecule has 0 amide bonds. The van der Waals surface area contributed by atoms with Crippen molar-refractivity contribution in [3.8, 4) is 5.75 Å². The molecule has 2 rings (SSSR count). The van der Waals surface area contributed by atoms with E-state index in [9.17, 15) is 0 Å². The van der Waals surface area contributed by atoms with Gasteiger partial charge in [0.25, 0.3) is 0 Å². The molecule has 2 aromatic rings. The lowest BCUT2D eigenvalue weighted by Gasteiger charge is -2.17. The molecule has 0 bridgehead atoms. The van der Waals surface area contributed by atoms with E-state index in [1.54, 1.807) is 6.26 Å². The van der Waals surface area contributed by atoms with Crippen LogP contribution in [0.15, 0.2) is 45.5 Å². The number of benzene rings is 1. The van der Waals surface area contributed by atoms with Gasteiger partial charge in [-0.2, -0.15) is 0 Å². The average molecular weight is 324 g/mol. The van der Waals surface area contributed by atoms with Crippen molar-refractivity contribution in [1.29, 1.82) is 0 Å². The minimum Gasteiger partial charge on any atom is -0.485 e. The molecule has 1 atom stereocenters. The molecule has 0 saturated heterocycles. The maximum atomic E-state index is 5.85. The van der Waals surface area contributed by atoms with Crippen molar-refractivity contribution in [3.63, 3.8) is 0 Å². The smallest absolute Gasteiger partial charge is 0.146 e. The van der Waals surface area contributed by atoms with E-state index in [-0.39, 0.29) is 6.04 Å². The Labute approximate surface area is 122 Å². The van der Waals surface area contributed by atoms with Crippen LogP contribution in [0.1, 0.15) is 31.2 Å². The highest BCUT2D eigenvalue weighted by atomic mass is 79.9. The maximum absolute atomic E-state index is 5.85. The zero-order valence-electron chi connectivity index (χ0n) is 11.2. The summed E-state index contributed by atoms with van der Waals surface area (Å²) in [6.07, 6.45) is 1.66. The molecule has 0 spiro atoms. The van der Waals surface area contributed by atoms with Crippen LogP contribution < -0.4 is 10.1 Å². The van der Waals surface area contributed by atoms with Crippen molar-refractivity contribution in [2.24, 2.45) is 0 Å². The van der Waals surface area contributed by atoms with Gasteiger partial charge in [-0.15, -0.1) is 0 Å². The van der Waals surface area contributed by atoms with E-state index < -0.39 is 0 Å². The largest absolute Gasteiger partial charge is 0.485 e. The van der Waals surface area contributed by atoms with E-state index >= 15 is 0 Å². The fraction of sp³-hybridized carbons (Fsp3) is 0.333. The molecule has 3 nitrogen and oxygen atoms in total. The zero-order chi connectivity index (χ0) is 13.7. The van der Waals surface area contributed by atoms with Gasteiger partial charge in [0.1, 0.15) is 18.1 Å². The molecule has 1 heterocycles. The summed E-state index contributed by atoms with van der Waals surface area (Å²) >= 11 is 3.50. The lowest BCUT2D eigenvalue weighted by molar-refractivity contribution is 0.265. The first-order valence-electron chi connectivity index (χ1n) is 6.38. The second kappa shape index (κ2) is 6.78. The summed E-state index contributed by atoms with van der Waals surface area (Å²) in [5.41, 5.74) is 1.14. The van der Waals surface area contributed by atoms with Crippen molar-refractivity contribution in [1.82, 2.24) is 5.32 Å². The van der Waals surface area contributed by atoms with Gasteiger partial charge in [-0.1, -0.05) is 22.9 Å². The first-order valence-corrected chi connectivity index (χ1v) is 7.18. The lowest BCUT2D eigenvalue weighted by atomic mass is 10.1. The third-order valence-corrected chi connectivity index (χ3v) is 3.39. The molecule has 4 heteroatoms. The molecule has 0 saturated carbocycles. The Morgan fingerprint density at radius 3 is 2.89 bits per heavy atom. The number of hydrogen-bond acceptors (Lipinski definition) is 3. The summed E-state index contributed by atoms with van der Waals surface area (Å²) in [5, 5.41) is 3.40. The minimum atomic E-state index is 0.245. The Bertz CT molecular complexity index is 511. The molecule has 19 heavy (non-hydrogen) atoms. The molecule has 0 aliphatic carbocycles. The molecule has 0 radical (unpaired) electrons. The monoisotopic (exact) mass is 323 g/mol. The average Bonchev–Trinajstić information content (AvgIpc) is 2.90. The van der Waals surface area contributed by atoms with Gasteiger partial charge in [-0.05, 0) is 43.8 Å². The standard InChI is InChI=1S/C15H18BrNO2/c1-3-17-11(2)14-9-12(16)6-7-15(14)19-10-13-5-4-8-18-13/h4-9,11,17H,3,10H2,1-2H3. The van der Waals surface area contributed by atoms with Crippen molar-refractivity contribution in [3.05, 3.63) is 52.4 Å². The van der Waals surface area contributed by atoms with Crippen LogP contribution >= 0.6 is 15.9 Å². The van der Waals surface area contributed by atoms with Crippen molar-refractivity contribution >= 4 is 15.9 Å². The highest BCUT2D eigenvalue weighted by molar-refractivity contribution is 9.10. The van der Waals surface area contributed by atoms with Crippen LogP contribution in [0.3, 0.4) is 0 Å². The molecule has 1 N–H and O–H groups in total. The molecular weight excluding hydrogens is 306 g/mol. The van der Waals surface area contributed by atoms with E-state index in [1.165, 1.54) is 0 Å². The van der Waals surface area contributed by atoms with Gasteiger partial charge >= 0.3 is 0 Å². The van der Waals surface area contributed by atoms with Crippen molar-refractivity contribution < 1.29 is 9.15 Å². The quantitative estimate of drug-likeness (QED) is 0.861. The van der Waals surface area contributed by atoms with Gasteiger partial charge in [0, 0.05) is 16.1 Å². The number of nitrogens with one attached hydrogen (secondary N) is 1. The maximum Gasteiger partial charge on any atom is 0.146 e. The predicted octanol–water partition coefficient (Wildman–Crippen LogP) is 4.29. The first-order chi connectivity index (χ1) is 9.20. The summed E-state index contributed by atoms with van der Waals surface area (Å²) in [6, 6.07) is 10.1. The third-order valence-electron chi connectivity index (χ3n) is 2.90. The zero-order valence-corrected chi connectivity index (χ0v) is 12.7. The van der Waals surface area contributed by atoms with Crippen LogP contribution in [0, 0.1) is 0 Å². The van der Waals surface area contributed by atoms with Gasteiger partial charge in [0.15, 0.2) is 0 Å². The fourth-order valence-corrected chi connectivity index (χ4v) is 2.33. The van der Waals surface area contributed by atoms with Crippen molar-refractivity contribution in [2.45, 2.75) is 26.5 Å². The summed E-state index contributed by atoms with van der Waals surface area (Å²) < 4.78 is 12.2. The molecular formula is C15H18BrNO2. The van der Waals surface area contributed by atoms with Gasteiger partial charge in [0.2, 0.25) is 0 Å². The summed E-state index contributed by atoms with van der Waals surface area (Å²) in [5.74, 6) is 1.71. The number of halogens is 1. The third kappa shape index (κ3) is 3.85. The molecule has 0 aliphatic rings. The number of rotatable bonds is 6. The highest BCUT2D eigenvalue weighted by Gasteiger charge is 2.12. The van der Waals surface area contributed by atoms with Crippen LogP contribution in [0.2, 0.25) is 0 Å². The van der Waals surface area contributed by atoms with E-state index in [4.69, 9.17) is 9.15 Å². The number of hydrogen-bond donors (Lipinski definition) is 1. The van der Waals surface area contributed by atoms with Crippen LogP contribution in [0.5, 0.6) is 5.75 Å². The second-order valence-corrected chi connectivity index (χ2v) is 5.25. The van der Waals surface area contributed by atoms with Gasteiger partial charge in [-0.3, -0.25) is 0 Å². The molecule has 0 aliphatic heterocycles.